The van der Waals surface area contributed by atoms with Gasteiger partial charge in [-0.25, -0.2) is 4.98 Å². The first-order valence-corrected chi connectivity index (χ1v) is 6.33. The molecule has 102 valence electrons. The molecule has 2 heterocycles. The van der Waals surface area contributed by atoms with Crippen LogP contribution in [-0.2, 0) is 6.18 Å². The molecule has 3 rings (SSSR count). The molecule has 0 radical (unpaired) electrons. The van der Waals surface area contributed by atoms with Gasteiger partial charge in [0.2, 0.25) is 5.78 Å². The number of fused-ring (bicyclic) bond motifs is 1. The van der Waals surface area contributed by atoms with Gasteiger partial charge in [-0.2, -0.15) is 13.2 Å². The summed E-state index contributed by atoms with van der Waals surface area (Å²) in [6, 6.07) is 8.46. The monoisotopic (exact) mass is 297 g/mol. The molecule has 20 heavy (non-hydrogen) atoms. The van der Waals surface area contributed by atoms with Gasteiger partial charge in [0.05, 0.1) is 4.88 Å². The van der Waals surface area contributed by atoms with Gasteiger partial charge in [-0.1, -0.05) is 18.2 Å². The van der Waals surface area contributed by atoms with Crippen LogP contribution in [0.1, 0.15) is 20.4 Å². The van der Waals surface area contributed by atoms with Crippen molar-refractivity contribution in [3.05, 3.63) is 52.2 Å². The summed E-state index contributed by atoms with van der Waals surface area (Å²) in [4.78, 5) is 15.2. The summed E-state index contributed by atoms with van der Waals surface area (Å²) < 4.78 is 42.7. The predicted molar refractivity (Wildman–Crippen MR) is 66.8 cm³/mol. The van der Waals surface area contributed by atoms with Crippen molar-refractivity contribution >= 4 is 28.1 Å². The zero-order valence-electron chi connectivity index (χ0n) is 9.77. The van der Waals surface area contributed by atoms with Crippen LogP contribution in [0.3, 0.4) is 0 Å². The number of para-hydroxylation sites is 1. The summed E-state index contributed by atoms with van der Waals surface area (Å²) in [6.45, 7) is 0. The molecule has 0 fully saturated rings. The molecular weight excluding hydrogens is 291 g/mol. The Morgan fingerprint density at radius 2 is 2.00 bits per heavy atom. The van der Waals surface area contributed by atoms with Crippen LogP contribution in [0.2, 0.25) is 0 Å². The van der Waals surface area contributed by atoms with E-state index >= 15 is 0 Å². The number of aromatic nitrogens is 1. The number of halogens is 3. The minimum absolute atomic E-state index is 0.00331. The van der Waals surface area contributed by atoms with E-state index in [4.69, 9.17) is 4.42 Å². The van der Waals surface area contributed by atoms with E-state index in [-0.39, 0.29) is 10.6 Å². The van der Waals surface area contributed by atoms with Gasteiger partial charge in [-0.15, -0.1) is 11.3 Å². The molecule has 1 aromatic carbocycles. The summed E-state index contributed by atoms with van der Waals surface area (Å²) in [6.07, 6.45) is -3.62. The van der Waals surface area contributed by atoms with Crippen molar-refractivity contribution in [3.63, 3.8) is 0 Å². The zero-order valence-corrected chi connectivity index (χ0v) is 10.6. The second-order valence-electron chi connectivity index (χ2n) is 4.01. The fourth-order valence-corrected chi connectivity index (χ4v) is 2.45. The molecule has 0 bridgehead atoms. The fourth-order valence-electron chi connectivity index (χ4n) is 1.73. The van der Waals surface area contributed by atoms with Crippen LogP contribution in [0.4, 0.5) is 13.2 Å². The summed E-state index contributed by atoms with van der Waals surface area (Å²) in [5, 5.41) is -0.326. The van der Waals surface area contributed by atoms with Crippen molar-refractivity contribution in [2.75, 3.05) is 0 Å². The van der Waals surface area contributed by atoms with Crippen LogP contribution < -0.4 is 0 Å². The lowest BCUT2D eigenvalue weighted by Gasteiger charge is -1.98. The Bertz CT molecular complexity index is 755. The number of alkyl halides is 3. The van der Waals surface area contributed by atoms with Crippen molar-refractivity contribution in [1.82, 2.24) is 4.98 Å². The first kappa shape index (κ1) is 12.9. The van der Waals surface area contributed by atoms with Crippen LogP contribution in [0, 0.1) is 0 Å². The highest BCUT2D eigenvalue weighted by Crippen LogP contribution is 2.33. The molecule has 0 N–H and O–H groups in total. The topological polar surface area (TPSA) is 43.1 Å². The molecule has 0 aliphatic heterocycles. The van der Waals surface area contributed by atoms with Crippen molar-refractivity contribution in [1.29, 1.82) is 0 Å². The van der Waals surface area contributed by atoms with Gasteiger partial charge in [-0.3, -0.25) is 4.79 Å². The molecule has 0 spiro atoms. The lowest BCUT2D eigenvalue weighted by Crippen LogP contribution is -2.03. The smallest absolute Gasteiger partial charge is 0.443 e. The number of nitrogens with zero attached hydrogens (tertiary/aromatic N) is 1. The Kier molecular flexibility index (Phi) is 2.86. The van der Waals surface area contributed by atoms with E-state index in [1.54, 1.807) is 24.3 Å². The first-order chi connectivity index (χ1) is 9.45. The molecule has 7 heteroatoms. The maximum Gasteiger partial charge on any atom is 0.443 e. The molecule has 3 aromatic rings. The highest BCUT2D eigenvalue weighted by atomic mass is 32.1. The Hall–Kier alpha value is -2.15. The maximum atomic E-state index is 12.4. The van der Waals surface area contributed by atoms with E-state index in [0.717, 1.165) is 11.6 Å². The molecule has 0 aliphatic carbocycles. The van der Waals surface area contributed by atoms with E-state index in [0.29, 0.717) is 16.9 Å². The van der Waals surface area contributed by atoms with Gasteiger partial charge < -0.3 is 4.42 Å². The highest BCUT2D eigenvalue weighted by molar-refractivity contribution is 7.13. The molecule has 2 aromatic heterocycles. The number of carbonyl (C=O) groups excluding carboxylic acids is 1. The van der Waals surface area contributed by atoms with E-state index < -0.39 is 17.0 Å². The highest BCUT2D eigenvalue weighted by Gasteiger charge is 2.35. The molecule has 0 saturated carbocycles. The summed E-state index contributed by atoms with van der Waals surface area (Å²) >= 11 is 0.307. The van der Waals surface area contributed by atoms with Gasteiger partial charge in [0, 0.05) is 11.6 Å². The number of benzene rings is 1. The Balaban J connectivity index is 1.98. The van der Waals surface area contributed by atoms with E-state index in [1.807, 2.05) is 0 Å². The van der Waals surface area contributed by atoms with Crippen LogP contribution >= 0.6 is 11.3 Å². The van der Waals surface area contributed by atoms with Crippen molar-refractivity contribution in [2.24, 2.45) is 0 Å². The van der Waals surface area contributed by atoms with Gasteiger partial charge in [-0.05, 0) is 12.1 Å². The lowest BCUT2D eigenvalue weighted by molar-refractivity contribution is -0.137. The van der Waals surface area contributed by atoms with Crippen molar-refractivity contribution in [2.45, 2.75) is 6.18 Å². The van der Waals surface area contributed by atoms with Gasteiger partial charge in [0.25, 0.3) is 0 Å². The van der Waals surface area contributed by atoms with Crippen molar-refractivity contribution < 1.29 is 22.4 Å². The zero-order chi connectivity index (χ0) is 14.3. The average Bonchev–Trinajstić information content (AvgIpc) is 3.04. The molecule has 0 aliphatic rings. The molecule has 3 nitrogen and oxygen atoms in total. The summed E-state index contributed by atoms with van der Waals surface area (Å²) in [5.41, 5.74) is 0.511. The van der Waals surface area contributed by atoms with Crippen LogP contribution in [-0.4, -0.2) is 10.8 Å². The number of rotatable bonds is 2. The van der Waals surface area contributed by atoms with E-state index in [2.05, 4.69) is 4.98 Å². The SMILES string of the molecule is O=C(c1cc2ccccc2o1)c1cnc(C(F)(F)F)s1. The normalized spacial score (nSPS) is 11.9. The minimum atomic E-state index is -4.54. The van der Waals surface area contributed by atoms with Gasteiger partial charge in [0.1, 0.15) is 5.58 Å². The maximum absolute atomic E-state index is 12.4. The van der Waals surface area contributed by atoms with Crippen LogP contribution in [0.25, 0.3) is 11.0 Å². The number of hydrogen-bond acceptors (Lipinski definition) is 4. The number of thiazole rings is 1. The predicted octanol–water partition coefficient (Wildman–Crippen LogP) is 4.14. The molecule has 0 saturated heterocycles. The number of furan rings is 1. The van der Waals surface area contributed by atoms with E-state index in [1.165, 1.54) is 6.07 Å². The molecular formula is C13H6F3NO2S. The lowest BCUT2D eigenvalue weighted by atomic mass is 10.2. The Morgan fingerprint density at radius 1 is 1.25 bits per heavy atom. The third-order valence-electron chi connectivity index (χ3n) is 2.62. The Labute approximate surface area is 114 Å². The summed E-state index contributed by atoms with van der Waals surface area (Å²) in [5.74, 6) is -0.599. The van der Waals surface area contributed by atoms with E-state index in [9.17, 15) is 18.0 Å². The molecule has 0 unspecified atom stereocenters. The number of ketones is 1. The minimum Gasteiger partial charge on any atom is -0.453 e. The third-order valence-corrected chi connectivity index (χ3v) is 3.66. The second kappa shape index (κ2) is 4.45. The largest absolute Gasteiger partial charge is 0.453 e. The van der Waals surface area contributed by atoms with Gasteiger partial charge in [0.15, 0.2) is 10.8 Å². The van der Waals surface area contributed by atoms with Crippen LogP contribution in [0.15, 0.2) is 40.9 Å². The third kappa shape index (κ3) is 2.20. The average molecular weight is 297 g/mol. The number of carbonyl (C=O) groups is 1. The molecule has 0 amide bonds. The molecule has 0 atom stereocenters. The quantitative estimate of drug-likeness (QED) is 0.668. The first-order valence-electron chi connectivity index (χ1n) is 5.51. The van der Waals surface area contributed by atoms with Crippen molar-refractivity contribution in [3.8, 4) is 0 Å². The standard InChI is InChI=1S/C13H6F3NO2S/c14-13(15,16)12-17-6-10(20-12)11(18)9-5-7-3-1-2-4-8(7)19-9/h1-6H. The number of hydrogen-bond donors (Lipinski definition) is 0. The fraction of sp³-hybridized carbons (Fsp3) is 0.0769. The van der Waals surface area contributed by atoms with Crippen LogP contribution in [0.5, 0.6) is 0 Å². The Morgan fingerprint density at radius 3 is 2.65 bits per heavy atom. The van der Waals surface area contributed by atoms with Gasteiger partial charge >= 0.3 is 6.18 Å². The second-order valence-corrected chi connectivity index (χ2v) is 5.04. The summed E-state index contributed by atoms with van der Waals surface area (Å²) in [7, 11) is 0.